The minimum absolute atomic E-state index is 0.422. The Hall–Kier alpha value is -1.09. The van der Waals surface area contributed by atoms with Crippen LogP contribution in [0.5, 0.6) is 0 Å². The second-order valence-corrected chi connectivity index (χ2v) is 5.32. The van der Waals surface area contributed by atoms with Crippen molar-refractivity contribution in [2.75, 3.05) is 0 Å². The van der Waals surface area contributed by atoms with Crippen molar-refractivity contribution in [2.45, 2.75) is 32.7 Å². The van der Waals surface area contributed by atoms with Gasteiger partial charge in [0.2, 0.25) is 0 Å². The predicted molar refractivity (Wildman–Crippen MR) is 74.6 cm³/mol. The van der Waals surface area contributed by atoms with E-state index >= 15 is 0 Å². The molecular weight excluding hydrogens is 278 g/mol. The van der Waals surface area contributed by atoms with E-state index in [1.54, 1.807) is 0 Å². The maximum absolute atomic E-state index is 11.1. The molecule has 0 N–H and O–H groups in total. The van der Waals surface area contributed by atoms with E-state index < -0.39 is 0 Å². The van der Waals surface area contributed by atoms with Gasteiger partial charge in [-0.25, -0.2) is 0 Å². The molecular formula is C14H16BrNO. The summed E-state index contributed by atoms with van der Waals surface area (Å²) < 4.78 is 3.25. The molecule has 1 unspecified atom stereocenters. The fraction of sp³-hybridized carbons (Fsp3) is 0.357. The topological polar surface area (TPSA) is 22.0 Å². The van der Waals surface area contributed by atoms with Crippen LogP contribution in [-0.2, 0) is 0 Å². The lowest BCUT2D eigenvalue weighted by Crippen LogP contribution is -2.02. The Morgan fingerprint density at radius 2 is 2.24 bits per heavy atom. The van der Waals surface area contributed by atoms with Crippen LogP contribution in [0.3, 0.4) is 0 Å². The van der Waals surface area contributed by atoms with E-state index in [4.69, 9.17) is 0 Å². The second kappa shape index (κ2) is 5.05. The molecule has 17 heavy (non-hydrogen) atoms. The number of aldehydes is 1. The highest BCUT2D eigenvalue weighted by atomic mass is 79.9. The molecule has 0 bridgehead atoms. The van der Waals surface area contributed by atoms with E-state index in [1.807, 2.05) is 18.3 Å². The van der Waals surface area contributed by atoms with Gasteiger partial charge in [-0.1, -0.05) is 35.3 Å². The number of rotatable bonds is 4. The van der Waals surface area contributed by atoms with Crippen molar-refractivity contribution >= 4 is 33.1 Å². The fourth-order valence-corrected chi connectivity index (χ4v) is 2.62. The van der Waals surface area contributed by atoms with Crippen LogP contribution >= 0.6 is 15.9 Å². The first-order chi connectivity index (χ1) is 8.17. The van der Waals surface area contributed by atoms with Crippen molar-refractivity contribution in [3.63, 3.8) is 0 Å². The molecule has 0 radical (unpaired) electrons. The molecule has 0 fully saturated rings. The van der Waals surface area contributed by atoms with Crippen LogP contribution in [0.25, 0.3) is 10.9 Å². The molecule has 0 saturated carbocycles. The van der Waals surface area contributed by atoms with Crippen LogP contribution in [0.2, 0.25) is 0 Å². The SMILES string of the molecule is CCCC(C)n1cc(C=O)c2ccc(Br)cc21. The average molecular weight is 294 g/mol. The fourth-order valence-electron chi connectivity index (χ4n) is 2.27. The number of benzene rings is 1. The maximum atomic E-state index is 11.1. The van der Waals surface area contributed by atoms with Crippen molar-refractivity contribution in [3.05, 3.63) is 34.4 Å². The number of aromatic nitrogens is 1. The molecule has 0 aliphatic rings. The Kier molecular flexibility index (Phi) is 3.67. The van der Waals surface area contributed by atoms with Crippen LogP contribution in [-0.4, -0.2) is 10.9 Å². The lowest BCUT2D eigenvalue weighted by Gasteiger charge is -2.14. The summed E-state index contributed by atoms with van der Waals surface area (Å²) in [7, 11) is 0. The number of hydrogen-bond acceptors (Lipinski definition) is 1. The molecule has 90 valence electrons. The molecule has 0 aliphatic heterocycles. The third kappa shape index (κ3) is 2.29. The van der Waals surface area contributed by atoms with Crippen LogP contribution in [0.15, 0.2) is 28.9 Å². The standard InChI is InChI=1S/C14H16BrNO/c1-3-4-10(2)16-8-11(9-17)13-6-5-12(15)7-14(13)16/h5-10H,3-4H2,1-2H3. The first-order valence-electron chi connectivity index (χ1n) is 5.92. The van der Waals surface area contributed by atoms with Gasteiger partial charge >= 0.3 is 0 Å². The van der Waals surface area contributed by atoms with Gasteiger partial charge in [0.1, 0.15) is 0 Å². The van der Waals surface area contributed by atoms with Gasteiger partial charge in [-0.15, -0.1) is 0 Å². The van der Waals surface area contributed by atoms with E-state index in [9.17, 15) is 4.79 Å². The van der Waals surface area contributed by atoms with Crippen LogP contribution < -0.4 is 0 Å². The van der Waals surface area contributed by atoms with E-state index in [2.05, 4.69) is 40.4 Å². The summed E-state index contributed by atoms with van der Waals surface area (Å²) >= 11 is 3.48. The maximum Gasteiger partial charge on any atom is 0.152 e. The summed E-state index contributed by atoms with van der Waals surface area (Å²) in [6.45, 7) is 4.37. The third-order valence-corrected chi connectivity index (χ3v) is 3.63. The molecule has 1 aromatic heterocycles. The minimum atomic E-state index is 0.422. The number of halogens is 1. The summed E-state index contributed by atoms with van der Waals surface area (Å²) in [6.07, 6.45) is 5.16. The molecule has 0 spiro atoms. The van der Waals surface area contributed by atoms with Crippen LogP contribution in [0, 0.1) is 0 Å². The van der Waals surface area contributed by atoms with Gasteiger partial charge in [-0.05, 0) is 25.5 Å². The second-order valence-electron chi connectivity index (χ2n) is 4.41. The zero-order chi connectivity index (χ0) is 12.4. The van der Waals surface area contributed by atoms with Crippen molar-refractivity contribution in [1.82, 2.24) is 4.57 Å². The van der Waals surface area contributed by atoms with Gasteiger partial charge in [0.05, 0.1) is 5.52 Å². The molecule has 0 amide bonds. The van der Waals surface area contributed by atoms with E-state index in [-0.39, 0.29) is 0 Å². The largest absolute Gasteiger partial charge is 0.344 e. The van der Waals surface area contributed by atoms with Crippen molar-refractivity contribution in [2.24, 2.45) is 0 Å². The molecule has 0 saturated heterocycles. The first-order valence-corrected chi connectivity index (χ1v) is 6.72. The highest BCUT2D eigenvalue weighted by Crippen LogP contribution is 2.28. The molecule has 1 aromatic carbocycles. The first kappa shape index (κ1) is 12.4. The number of carbonyl (C=O) groups excluding carboxylic acids is 1. The number of hydrogen-bond donors (Lipinski definition) is 0. The summed E-state index contributed by atoms with van der Waals surface area (Å²) in [4.78, 5) is 11.1. The van der Waals surface area contributed by atoms with Crippen LogP contribution in [0.1, 0.15) is 43.1 Å². The van der Waals surface area contributed by atoms with Gasteiger partial charge in [0.25, 0.3) is 0 Å². The zero-order valence-corrected chi connectivity index (χ0v) is 11.7. The van der Waals surface area contributed by atoms with Gasteiger partial charge in [-0.2, -0.15) is 0 Å². The van der Waals surface area contributed by atoms with Crippen molar-refractivity contribution < 1.29 is 4.79 Å². The number of carbonyl (C=O) groups is 1. The highest BCUT2D eigenvalue weighted by Gasteiger charge is 2.12. The lowest BCUT2D eigenvalue weighted by atomic mass is 10.2. The molecule has 2 nitrogen and oxygen atoms in total. The summed E-state index contributed by atoms with van der Waals surface area (Å²) in [5, 5.41) is 1.03. The van der Waals surface area contributed by atoms with E-state index in [0.717, 1.165) is 40.1 Å². The molecule has 0 aliphatic carbocycles. The van der Waals surface area contributed by atoms with E-state index in [0.29, 0.717) is 6.04 Å². The molecule has 1 atom stereocenters. The van der Waals surface area contributed by atoms with Gasteiger partial charge < -0.3 is 4.57 Å². The highest BCUT2D eigenvalue weighted by molar-refractivity contribution is 9.10. The molecule has 3 heteroatoms. The smallest absolute Gasteiger partial charge is 0.152 e. The van der Waals surface area contributed by atoms with Crippen LogP contribution in [0.4, 0.5) is 0 Å². The normalized spacial score (nSPS) is 12.9. The Bertz CT molecular complexity index is 544. The minimum Gasteiger partial charge on any atom is -0.344 e. The Labute approximate surface area is 110 Å². The Morgan fingerprint density at radius 1 is 1.47 bits per heavy atom. The summed E-state index contributed by atoms with van der Waals surface area (Å²) in [5.41, 5.74) is 1.90. The van der Waals surface area contributed by atoms with E-state index in [1.165, 1.54) is 0 Å². The zero-order valence-electron chi connectivity index (χ0n) is 10.1. The third-order valence-electron chi connectivity index (χ3n) is 3.14. The molecule has 2 rings (SSSR count). The molecule has 1 heterocycles. The monoisotopic (exact) mass is 293 g/mol. The van der Waals surface area contributed by atoms with Gasteiger partial charge in [0.15, 0.2) is 6.29 Å². The van der Waals surface area contributed by atoms with Crippen molar-refractivity contribution in [3.8, 4) is 0 Å². The molecule has 2 aromatic rings. The Morgan fingerprint density at radius 3 is 2.88 bits per heavy atom. The average Bonchev–Trinajstić information content (AvgIpc) is 2.67. The summed E-state index contributed by atoms with van der Waals surface area (Å²) in [6, 6.07) is 6.47. The van der Waals surface area contributed by atoms with Gasteiger partial charge in [-0.3, -0.25) is 4.79 Å². The quantitative estimate of drug-likeness (QED) is 0.757. The van der Waals surface area contributed by atoms with Crippen molar-refractivity contribution in [1.29, 1.82) is 0 Å². The Balaban J connectivity index is 2.62. The van der Waals surface area contributed by atoms with Gasteiger partial charge in [0, 0.05) is 27.7 Å². The summed E-state index contributed by atoms with van der Waals surface area (Å²) in [5.74, 6) is 0. The lowest BCUT2D eigenvalue weighted by molar-refractivity contribution is 0.112. The number of fused-ring (bicyclic) bond motifs is 1. The number of nitrogens with zero attached hydrogens (tertiary/aromatic N) is 1. The predicted octanol–water partition coefficient (Wildman–Crippen LogP) is 4.58.